The molecule has 2 N–H and O–H groups in total. The minimum absolute atomic E-state index is 0.230. The zero-order valence-corrected chi connectivity index (χ0v) is 9.70. The summed E-state index contributed by atoms with van der Waals surface area (Å²) in [6.07, 6.45) is 2.21. The average Bonchev–Trinajstić information content (AvgIpc) is 2.26. The van der Waals surface area contributed by atoms with Crippen LogP contribution in [0.2, 0.25) is 0 Å². The fourth-order valence-electron chi connectivity index (χ4n) is 2.02. The van der Waals surface area contributed by atoms with Crippen molar-refractivity contribution in [1.82, 2.24) is 10.2 Å². The zero-order chi connectivity index (χ0) is 11.3. The third kappa shape index (κ3) is 3.80. The lowest BCUT2D eigenvalue weighted by molar-refractivity contribution is -0.133. The molecule has 0 spiro atoms. The van der Waals surface area contributed by atoms with Gasteiger partial charge < -0.3 is 15.3 Å². The van der Waals surface area contributed by atoms with Crippen LogP contribution in [0.4, 0.5) is 0 Å². The van der Waals surface area contributed by atoms with Gasteiger partial charge in [0.25, 0.3) is 0 Å². The maximum Gasteiger partial charge on any atom is 0.223 e. The number of nitrogens with one attached hydrogen (secondary N) is 1. The lowest BCUT2D eigenvalue weighted by Crippen LogP contribution is -2.41. The van der Waals surface area contributed by atoms with Crippen LogP contribution in [-0.2, 0) is 4.79 Å². The number of carbonyl (C=O) groups is 1. The van der Waals surface area contributed by atoms with Crippen molar-refractivity contribution in [1.29, 1.82) is 0 Å². The van der Waals surface area contributed by atoms with Crippen LogP contribution < -0.4 is 5.32 Å². The van der Waals surface area contributed by atoms with Gasteiger partial charge in [0.15, 0.2) is 0 Å². The number of carbonyl (C=O) groups excluding carboxylic acids is 1. The molecule has 0 aromatic heterocycles. The van der Waals surface area contributed by atoms with Crippen molar-refractivity contribution in [2.45, 2.75) is 32.3 Å². The number of hydrogen-bond donors (Lipinski definition) is 2. The summed E-state index contributed by atoms with van der Waals surface area (Å²) in [7, 11) is 1.85. The van der Waals surface area contributed by atoms with E-state index in [0.29, 0.717) is 12.3 Å². The quantitative estimate of drug-likeness (QED) is 0.703. The summed E-state index contributed by atoms with van der Waals surface area (Å²) in [4.78, 5) is 13.6. The van der Waals surface area contributed by atoms with Crippen molar-refractivity contribution < 1.29 is 9.90 Å². The molecule has 0 saturated carbocycles. The Morgan fingerprint density at radius 3 is 2.60 bits per heavy atom. The van der Waals surface area contributed by atoms with Crippen molar-refractivity contribution in [3.05, 3.63) is 0 Å². The Morgan fingerprint density at radius 2 is 2.13 bits per heavy atom. The van der Waals surface area contributed by atoms with Crippen molar-refractivity contribution in [3.8, 4) is 0 Å². The lowest BCUT2D eigenvalue weighted by atomic mass is 9.92. The summed E-state index contributed by atoms with van der Waals surface area (Å²) < 4.78 is 0. The van der Waals surface area contributed by atoms with Gasteiger partial charge in [0, 0.05) is 26.1 Å². The van der Waals surface area contributed by atoms with Crippen molar-refractivity contribution in [3.63, 3.8) is 0 Å². The molecule has 0 aliphatic carbocycles. The Balaban J connectivity index is 2.27. The number of aliphatic hydroxyl groups is 1. The van der Waals surface area contributed by atoms with E-state index < -0.39 is 0 Å². The smallest absolute Gasteiger partial charge is 0.223 e. The molecule has 4 heteroatoms. The van der Waals surface area contributed by atoms with E-state index in [1.54, 1.807) is 0 Å². The Hall–Kier alpha value is -0.610. The molecule has 4 nitrogen and oxygen atoms in total. The largest absolute Gasteiger partial charge is 0.393 e. The molecular weight excluding hydrogens is 192 g/mol. The summed E-state index contributed by atoms with van der Waals surface area (Å²) in [5.74, 6) is 0.603. The van der Waals surface area contributed by atoms with Crippen LogP contribution in [0.15, 0.2) is 0 Å². The maximum atomic E-state index is 11.7. The molecule has 1 amide bonds. The van der Waals surface area contributed by atoms with Gasteiger partial charge in [0.2, 0.25) is 5.91 Å². The monoisotopic (exact) mass is 214 g/mol. The van der Waals surface area contributed by atoms with Gasteiger partial charge in [-0.25, -0.2) is 0 Å². The number of nitrogens with zero attached hydrogens (tertiary/aromatic N) is 1. The second-order valence-electron chi connectivity index (χ2n) is 4.31. The van der Waals surface area contributed by atoms with Crippen molar-refractivity contribution >= 4 is 5.91 Å². The van der Waals surface area contributed by atoms with Gasteiger partial charge in [-0.1, -0.05) is 0 Å². The average molecular weight is 214 g/mol. The first kappa shape index (κ1) is 12.5. The number of rotatable bonds is 4. The Kier molecular flexibility index (Phi) is 5.05. The van der Waals surface area contributed by atoms with E-state index in [0.717, 1.165) is 32.5 Å². The standard InChI is InChI=1S/C11H22N2O2/c1-9(14)10-4-7-13(8-5-10)11(15)3-6-12-2/h9-10,12,14H,3-8H2,1-2H3. The Morgan fingerprint density at radius 1 is 1.53 bits per heavy atom. The minimum Gasteiger partial charge on any atom is -0.393 e. The molecule has 1 heterocycles. The summed E-state index contributed by atoms with van der Waals surface area (Å²) >= 11 is 0. The topological polar surface area (TPSA) is 52.6 Å². The molecule has 0 bridgehead atoms. The van der Waals surface area contributed by atoms with E-state index >= 15 is 0 Å². The van der Waals surface area contributed by atoms with E-state index in [9.17, 15) is 9.90 Å². The van der Waals surface area contributed by atoms with E-state index in [1.165, 1.54) is 0 Å². The van der Waals surface area contributed by atoms with Gasteiger partial charge >= 0.3 is 0 Å². The molecule has 0 aromatic carbocycles. The second-order valence-corrected chi connectivity index (χ2v) is 4.31. The first-order valence-electron chi connectivity index (χ1n) is 5.75. The summed E-state index contributed by atoms with van der Waals surface area (Å²) in [6, 6.07) is 0. The first-order chi connectivity index (χ1) is 7.15. The van der Waals surface area contributed by atoms with Gasteiger partial charge in [-0.3, -0.25) is 4.79 Å². The highest BCUT2D eigenvalue weighted by molar-refractivity contribution is 5.76. The highest BCUT2D eigenvalue weighted by Gasteiger charge is 2.24. The van der Waals surface area contributed by atoms with Crippen LogP contribution in [0.3, 0.4) is 0 Å². The molecule has 1 atom stereocenters. The second kappa shape index (κ2) is 6.08. The first-order valence-corrected chi connectivity index (χ1v) is 5.75. The van der Waals surface area contributed by atoms with E-state index in [-0.39, 0.29) is 12.0 Å². The van der Waals surface area contributed by atoms with Crippen LogP contribution in [0.5, 0.6) is 0 Å². The van der Waals surface area contributed by atoms with Gasteiger partial charge in [0.1, 0.15) is 0 Å². The number of likely N-dealkylation sites (tertiary alicyclic amines) is 1. The molecular formula is C11H22N2O2. The third-order valence-electron chi connectivity index (χ3n) is 3.16. The fraction of sp³-hybridized carbons (Fsp3) is 0.909. The zero-order valence-electron chi connectivity index (χ0n) is 9.70. The maximum absolute atomic E-state index is 11.7. The third-order valence-corrected chi connectivity index (χ3v) is 3.16. The molecule has 1 aliphatic heterocycles. The van der Waals surface area contributed by atoms with Gasteiger partial charge in [-0.05, 0) is 32.7 Å². The molecule has 1 rings (SSSR count). The molecule has 1 saturated heterocycles. The van der Waals surface area contributed by atoms with Gasteiger partial charge in [-0.2, -0.15) is 0 Å². The van der Waals surface area contributed by atoms with Crippen LogP contribution >= 0.6 is 0 Å². The number of aliphatic hydroxyl groups excluding tert-OH is 1. The van der Waals surface area contributed by atoms with Crippen LogP contribution in [0, 0.1) is 5.92 Å². The number of piperidine rings is 1. The molecule has 1 unspecified atom stereocenters. The number of hydrogen-bond acceptors (Lipinski definition) is 3. The summed E-state index contributed by atoms with van der Waals surface area (Å²) in [5.41, 5.74) is 0. The normalized spacial score (nSPS) is 20.3. The Bertz CT molecular complexity index is 199. The highest BCUT2D eigenvalue weighted by atomic mass is 16.3. The molecule has 0 radical (unpaired) electrons. The fourth-order valence-corrected chi connectivity index (χ4v) is 2.02. The van der Waals surface area contributed by atoms with Gasteiger partial charge in [0.05, 0.1) is 6.10 Å². The van der Waals surface area contributed by atoms with Gasteiger partial charge in [-0.15, -0.1) is 0 Å². The molecule has 0 aromatic rings. The van der Waals surface area contributed by atoms with Crippen LogP contribution in [0.25, 0.3) is 0 Å². The lowest BCUT2D eigenvalue weighted by Gasteiger charge is -2.33. The van der Waals surface area contributed by atoms with Crippen molar-refractivity contribution in [2.24, 2.45) is 5.92 Å². The summed E-state index contributed by atoms with van der Waals surface area (Å²) in [5, 5.41) is 12.4. The van der Waals surface area contributed by atoms with E-state index in [4.69, 9.17) is 0 Å². The van der Waals surface area contributed by atoms with E-state index in [2.05, 4.69) is 5.32 Å². The Labute approximate surface area is 91.6 Å². The predicted molar refractivity (Wildman–Crippen MR) is 59.5 cm³/mol. The summed E-state index contributed by atoms with van der Waals surface area (Å²) in [6.45, 7) is 4.19. The predicted octanol–water partition coefficient (Wildman–Crippen LogP) is 0.215. The van der Waals surface area contributed by atoms with Crippen LogP contribution in [0.1, 0.15) is 26.2 Å². The highest BCUT2D eigenvalue weighted by Crippen LogP contribution is 2.20. The van der Waals surface area contributed by atoms with E-state index in [1.807, 2.05) is 18.9 Å². The van der Waals surface area contributed by atoms with Crippen LogP contribution in [-0.4, -0.2) is 48.7 Å². The van der Waals surface area contributed by atoms with Crippen molar-refractivity contribution in [2.75, 3.05) is 26.7 Å². The molecule has 15 heavy (non-hydrogen) atoms. The number of amides is 1. The molecule has 1 aliphatic rings. The minimum atomic E-state index is -0.237. The SMILES string of the molecule is CNCCC(=O)N1CCC(C(C)O)CC1. The molecule has 88 valence electrons. The molecule has 1 fully saturated rings.